The average molecular weight is 357 g/mol. The van der Waals surface area contributed by atoms with Crippen molar-refractivity contribution in [2.45, 2.75) is 39.6 Å². The number of thiophene rings is 1. The Morgan fingerprint density at radius 3 is 2.50 bits per heavy atom. The van der Waals surface area contributed by atoms with Crippen LogP contribution >= 0.6 is 23.1 Å². The molecule has 0 fully saturated rings. The van der Waals surface area contributed by atoms with Crippen LogP contribution < -0.4 is 0 Å². The number of hydrogen-bond donors (Lipinski definition) is 0. The molecule has 0 saturated carbocycles. The van der Waals surface area contributed by atoms with Crippen LogP contribution in [0.2, 0.25) is 0 Å². The van der Waals surface area contributed by atoms with Crippen molar-refractivity contribution in [3.05, 3.63) is 51.2 Å². The third kappa shape index (κ3) is 3.10. The summed E-state index contributed by atoms with van der Waals surface area (Å²) in [7, 11) is 0. The van der Waals surface area contributed by atoms with Gasteiger partial charge in [-0.25, -0.2) is 9.97 Å². The maximum atomic E-state index is 12.7. The largest absolute Gasteiger partial charge is 0.293 e. The number of fused-ring (bicyclic) bond motifs is 1. The van der Waals surface area contributed by atoms with E-state index in [9.17, 15) is 4.79 Å². The molecule has 5 heteroatoms. The van der Waals surface area contributed by atoms with Gasteiger partial charge in [-0.1, -0.05) is 17.8 Å². The highest BCUT2D eigenvalue weighted by atomic mass is 32.2. The molecule has 3 nitrogen and oxygen atoms in total. The Morgan fingerprint density at radius 2 is 1.75 bits per heavy atom. The number of nitrogens with zero attached hydrogens (tertiary/aromatic N) is 2. The monoisotopic (exact) mass is 356 g/mol. The van der Waals surface area contributed by atoms with Gasteiger partial charge in [0.05, 0.1) is 5.75 Å². The third-order valence-corrected chi connectivity index (χ3v) is 6.52. The molecule has 2 aromatic heterocycles. The Morgan fingerprint density at radius 1 is 1.04 bits per heavy atom. The Labute approximate surface area is 150 Å². The van der Waals surface area contributed by atoms with Gasteiger partial charge in [-0.15, -0.1) is 11.3 Å². The highest BCUT2D eigenvalue weighted by molar-refractivity contribution is 8.00. The molecule has 0 saturated heterocycles. The lowest BCUT2D eigenvalue weighted by Crippen LogP contribution is -2.06. The quantitative estimate of drug-likeness (QED) is 0.366. The Bertz CT molecular complexity index is 944. The molecule has 0 bridgehead atoms. The maximum absolute atomic E-state index is 12.7. The van der Waals surface area contributed by atoms with Crippen molar-refractivity contribution in [1.29, 1.82) is 0 Å². The first-order chi connectivity index (χ1) is 11.4. The molecule has 0 unspecified atom stereocenters. The van der Waals surface area contributed by atoms with Gasteiger partial charge in [0, 0.05) is 15.8 Å². The van der Waals surface area contributed by atoms with Crippen LogP contribution in [0.3, 0.4) is 0 Å². The van der Waals surface area contributed by atoms with E-state index in [-0.39, 0.29) is 5.78 Å². The van der Waals surface area contributed by atoms with Crippen LogP contribution in [-0.4, -0.2) is 21.5 Å². The van der Waals surface area contributed by atoms with Gasteiger partial charge in [0.2, 0.25) is 0 Å². The fraction of sp³-hybridized carbons (Fsp3) is 0.316. The summed E-state index contributed by atoms with van der Waals surface area (Å²) >= 11 is 3.19. The van der Waals surface area contributed by atoms with Crippen molar-refractivity contribution in [2.24, 2.45) is 0 Å². The number of aromatic nitrogens is 2. The smallest absolute Gasteiger partial charge is 0.173 e. The first-order valence-electron chi connectivity index (χ1n) is 7.83. The number of hydrogen-bond acceptors (Lipinski definition) is 5. The fourth-order valence-electron chi connectivity index (χ4n) is 2.73. The first-order valence-corrected chi connectivity index (χ1v) is 9.63. The van der Waals surface area contributed by atoms with E-state index >= 15 is 0 Å². The molecular weight excluding hydrogens is 336 g/mol. The number of Topliss-reactive ketones (excluding diaryl/α,β-unsaturated/α-hetero) is 1. The molecule has 2 heterocycles. The van der Waals surface area contributed by atoms with Crippen molar-refractivity contribution < 1.29 is 4.79 Å². The maximum Gasteiger partial charge on any atom is 0.173 e. The standard InChI is InChI=1S/C19H20N2OS2/c1-10-6-12(3)15(7-11(10)2)16(22)8-23-18-17-13(4)14(5)24-19(17)21-9-20-18/h6-7,9H,8H2,1-5H3. The number of thioether (sulfide) groups is 1. The van der Waals surface area contributed by atoms with Crippen molar-refractivity contribution >= 4 is 39.1 Å². The summed E-state index contributed by atoms with van der Waals surface area (Å²) in [5.74, 6) is 0.543. The molecule has 0 N–H and O–H groups in total. The summed E-state index contributed by atoms with van der Waals surface area (Å²) in [5, 5.41) is 1.99. The van der Waals surface area contributed by atoms with E-state index in [0.29, 0.717) is 5.75 Å². The van der Waals surface area contributed by atoms with E-state index in [0.717, 1.165) is 31.9 Å². The minimum Gasteiger partial charge on any atom is -0.293 e. The van der Waals surface area contributed by atoms with Crippen LogP contribution in [-0.2, 0) is 0 Å². The van der Waals surface area contributed by atoms with Gasteiger partial charge in [-0.2, -0.15) is 0 Å². The van der Waals surface area contributed by atoms with Gasteiger partial charge in [0.1, 0.15) is 16.2 Å². The second kappa shape index (κ2) is 6.65. The Balaban J connectivity index is 1.86. The molecule has 124 valence electrons. The number of carbonyl (C=O) groups excluding carboxylic acids is 1. The second-order valence-corrected chi connectivity index (χ2v) is 8.27. The number of ketones is 1. The van der Waals surface area contributed by atoms with Gasteiger partial charge in [0.15, 0.2) is 5.78 Å². The number of benzene rings is 1. The molecule has 0 aliphatic carbocycles. The minimum absolute atomic E-state index is 0.150. The molecule has 3 aromatic rings. The molecule has 24 heavy (non-hydrogen) atoms. The molecule has 0 aliphatic heterocycles. The molecular formula is C19H20N2OS2. The van der Waals surface area contributed by atoms with E-state index < -0.39 is 0 Å². The van der Waals surface area contributed by atoms with Crippen LogP contribution in [0.1, 0.15) is 37.5 Å². The van der Waals surface area contributed by atoms with Crippen molar-refractivity contribution in [1.82, 2.24) is 9.97 Å². The van der Waals surface area contributed by atoms with E-state index in [4.69, 9.17) is 0 Å². The van der Waals surface area contributed by atoms with Gasteiger partial charge in [-0.3, -0.25) is 4.79 Å². The molecule has 0 spiro atoms. The lowest BCUT2D eigenvalue weighted by Gasteiger charge is -2.09. The summed E-state index contributed by atoms with van der Waals surface area (Å²) in [6, 6.07) is 4.09. The van der Waals surface area contributed by atoms with Gasteiger partial charge >= 0.3 is 0 Å². The van der Waals surface area contributed by atoms with Crippen LogP contribution in [0, 0.1) is 34.6 Å². The van der Waals surface area contributed by atoms with Gasteiger partial charge in [0.25, 0.3) is 0 Å². The lowest BCUT2D eigenvalue weighted by molar-refractivity contribution is 0.102. The molecule has 3 rings (SSSR count). The summed E-state index contributed by atoms with van der Waals surface area (Å²) in [5.41, 5.74) is 5.45. The van der Waals surface area contributed by atoms with Crippen molar-refractivity contribution in [2.75, 3.05) is 5.75 Å². The van der Waals surface area contributed by atoms with Gasteiger partial charge in [-0.05, 0) is 62.9 Å². The molecule has 0 radical (unpaired) electrons. The first kappa shape index (κ1) is 17.1. The van der Waals surface area contributed by atoms with Crippen molar-refractivity contribution in [3.8, 4) is 0 Å². The Kier molecular flexibility index (Phi) is 4.74. The molecule has 0 atom stereocenters. The van der Waals surface area contributed by atoms with Crippen LogP contribution in [0.5, 0.6) is 0 Å². The van der Waals surface area contributed by atoms with Crippen LogP contribution in [0.15, 0.2) is 23.5 Å². The Hall–Kier alpha value is -1.72. The number of carbonyl (C=O) groups is 1. The average Bonchev–Trinajstić information content (AvgIpc) is 2.84. The fourth-order valence-corrected chi connectivity index (χ4v) is 4.73. The summed E-state index contributed by atoms with van der Waals surface area (Å²) in [6.07, 6.45) is 1.59. The van der Waals surface area contributed by atoms with E-state index in [2.05, 4.69) is 36.8 Å². The molecule has 0 amide bonds. The predicted octanol–water partition coefficient (Wildman–Crippen LogP) is 5.21. The summed E-state index contributed by atoms with van der Waals surface area (Å²) < 4.78 is 0. The zero-order valence-electron chi connectivity index (χ0n) is 14.6. The van der Waals surface area contributed by atoms with E-state index in [1.54, 1.807) is 17.7 Å². The van der Waals surface area contributed by atoms with Crippen LogP contribution in [0.4, 0.5) is 0 Å². The number of aryl methyl sites for hydroxylation is 5. The highest BCUT2D eigenvalue weighted by Gasteiger charge is 2.16. The highest BCUT2D eigenvalue weighted by Crippen LogP contribution is 2.34. The van der Waals surface area contributed by atoms with Gasteiger partial charge < -0.3 is 0 Å². The number of rotatable bonds is 4. The summed E-state index contributed by atoms with van der Waals surface area (Å²) in [6.45, 7) is 10.3. The zero-order chi connectivity index (χ0) is 17.4. The normalized spacial score (nSPS) is 11.2. The SMILES string of the molecule is Cc1cc(C)c(C(=O)CSc2ncnc3sc(C)c(C)c23)cc1C. The third-order valence-electron chi connectivity index (χ3n) is 4.41. The van der Waals surface area contributed by atoms with E-state index in [1.807, 2.05) is 19.9 Å². The predicted molar refractivity (Wildman–Crippen MR) is 103 cm³/mol. The van der Waals surface area contributed by atoms with E-state index in [1.165, 1.54) is 27.8 Å². The second-order valence-electron chi connectivity index (χ2n) is 6.11. The van der Waals surface area contributed by atoms with Crippen LogP contribution in [0.25, 0.3) is 10.2 Å². The summed E-state index contributed by atoms with van der Waals surface area (Å²) in [4.78, 5) is 23.7. The molecule has 0 aliphatic rings. The topological polar surface area (TPSA) is 42.9 Å². The lowest BCUT2D eigenvalue weighted by atomic mass is 9.99. The minimum atomic E-state index is 0.150. The van der Waals surface area contributed by atoms with Crippen molar-refractivity contribution in [3.63, 3.8) is 0 Å². The molecule has 1 aromatic carbocycles. The zero-order valence-corrected chi connectivity index (χ0v) is 16.2.